The molecule has 5 nitrogen and oxygen atoms in total. The van der Waals surface area contributed by atoms with Gasteiger partial charge in [0.15, 0.2) is 0 Å². The summed E-state index contributed by atoms with van der Waals surface area (Å²) in [4.78, 5) is 25.8. The number of nitrogens with one attached hydrogen (secondary N) is 1. The molecule has 1 saturated heterocycles. The molecule has 1 aliphatic rings. The molecule has 1 heterocycles. The summed E-state index contributed by atoms with van der Waals surface area (Å²) in [5.74, 6) is 0.0574. The molecule has 108 valence electrons. The Balaban J connectivity index is 2.08. The highest BCUT2D eigenvalue weighted by molar-refractivity contribution is 5.99. The van der Waals surface area contributed by atoms with Crippen molar-refractivity contribution in [3.05, 3.63) is 35.4 Å². The first-order valence-electron chi connectivity index (χ1n) is 6.88. The number of hydrogen-bond acceptors (Lipinski definition) is 3. The molecule has 0 unspecified atom stereocenters. The predicted molar refractivity (Wildman–Crippen MR) is 75.5 cm³/mol. The SMILES string of the molecule is CNC(=O)c1cccc(C(=O)N2CCC(CO)CC2)c1. The minimum absolute atomic E-state index is 0.0489. The smallest absolute Gasteiger partial charge is 0.253 e. The van der Waals surface area contributed by atoms with Crippen LogP contribution >= 0.6 is 0 Å². The maximum absolute atomic E-state index is 12.4. The molecule has 1 aromatic rings. The van der Waals surface area contributed by atoms with Crippen molar-refractivity contribution in [2.75, 3.05) is 26.7 Å². The highest BCUT2D eigenvalue weighted by atomic mass is 16.3. The normalized spacial score (nSPS) is 16.0. The van der Waals surface area contributed by atoms with Gasteiger partial charge >= 0.3 is 0 Å². The summed E-state index contributed by atoms with van der Waals surface area (Å²) in [5.41, 5.74) is 1.03. The van der Waals surface area contributed by atoms with E-state index in [4.69, 9.17) is 5.11 Å². The Bertz CT molecular complexity index is 494. The predicted octanol–water partition coefficient (Wildman–Crippen LogP) is 0.891. The average molecular weight is 276 g/mol. The Morgan fingerprint density at radius 1 is 1.30 bits per heavy atom. The van der Waals surface area contributed by atoms with Gasteiger partial charge in [-0.3, -0.25) is 9.59 Å². The molecule has 2 N–H and O–H groups in total. The van der Waals surface area contributed by atoms with Crippen LogP contribution in [-0.4, -0.2) is 48.6 Å². The molecule has 0 radical (unpaired) electrons. The van der Waals surface area contributed by atoms with E-state index in [0.717, 1.165) is 12.8 Å². The number of rotatable bonds is 3. The zero-order valence-corrected chi connectivity index (χ0v) is 11.6. The minimum Gasteiger partial charge on any atom is -0.396 e. The zero-order chi connectivity index (χ0) is 14.5. The molecule has 20 heavy (non-hydrogen) atoms. The van der Waals surface area contributed by atoms with Gasteiger partial charge in [0, 0.05) is 37.9 Å². The van der Waals surface area contributed by atoms with Crippen LogP contribution < -0.4 is 5.32 Å². The van der Waals surface area contributed by atoms with Gasteiger partial charge in [-0.1, -0.05) is 6.07 Å². The Morgan fingerprint density at radius 2 is 1.95 bits per heavy atom. The second-order valence-corrected chi connectivity index (χ2v) is 5.08. The van der Waals surface area contributed by atoms with Gasteiger partial charge in [-0.05, 0) is 37.0 Å². The maximum Gasteiger partial charge on any atom is 0.253 e. The van der Waals surface area contributed by atoms with E-state index in [1.165, 1.54) is 0 Å². The van der Waals surface area contributed by atoms with Gasteiger partial charge in [0.25, 0.3) is 11.8 Å². The number of aliphatic hydroxyl groups is 1. The summed E-state index contributed by atoms with van der Waals surface area (Å²) in [6.07, 6.45) is 1.66. The Kier molecular flexibility index (Phi) is 4.74. The molecule has 2 rings (SSSR count). The Hall–Kier alpha value is -1.88. The Morgan fingerprint density at radius 3 is 2.55 bits per heavy atom. The average Bonchev–Trinajstić information content (AvgIpc) is 2.53. The van der Waals surface area contributed by atoms with E-state index in [0.29, 0.717) is 30.1 Å². The number of carbonyl (C=O) groups is 2. The van der Waals surface area contributed by atoms with Gasteiger partial charge in [-0.2, -0.15) is 0 Å². The van der Waals surface area contributed by atoms with E-state index < -0.39 is 0 Å². The maximum atomic E-state index is 12.4. The van der Waals surface area contributed by atoms with Crippen molar-refractivity contribution in [3.63, 3.8) is 0 Å². The van der Waals surface area contributed by atoms with E-state index >= 15 is 0 Å². The minimum atomic E-state index is -0.196. The van der Waals surface area contributed by atoms with Crippen molar-refractivity contribution in [2.24, 2.45) is 5.92 Å². The zero-order valence-electron chi connectivity index (χ0n) is 11.6. The first-order chi connectivity index (χ1) is 9.65. The molecular formula is C15H20N2O3. The number of benzene rings is 1. The molecule has 0 spiro atoms. The third kappa shape index (κ3) is 3.17. The van der Waals surface area contributed by atoms with Crippen LogP contribution in [0.25, 0.3) is 0 Å². The van der Waals surface area contributed by atoms with Gasteiger partial charge < -0.3 is 15.3 Å². The largest absolute Gasteiger partial charge is 0.396 e. The third-order valence-electron chi connectivity index (χ3n) is 3.76. The summed E-state index contributed by atoms with van der Waals surface area (Å²) >= 11 is 0. The van der Waals surface area contributed by atoms with E-state index in [2.05, 4.69) is 5.32 Å². The fourth-order valence-corrected chi connectivity index (χ4v) is 2.44. The van der Waals surface area contributed by atoms with Crippen LogP contribution in [0.4, 0.5) is 0 Å². The quantitative estimate of drug-likeness (QED) is 0.861. The molecule has 1 aromatic carbocycles. The van der Waals surface area contributed by atoms with E-state index in [9.17, 15) is 9.59 Å². The second-order valence-electron chi connectivity index (χ2n) is 5.08. The lowest BCUT2D eigenvalue weighted by atomic mass is 9.97. The number of likely N-dealkylation sites (tertiary alicyclic amines) is 1. The number of piperidine rings is 1. The molecule has 0 saturated carbocycles. The summed E-state index contributed by atoms with van der Waals surface area (Å²) in [6.45, 7) is 1.51. The number of aliphatic hydroxyl groups excluding tert-OH is 1. The number of hydrogen-bond donors (Lipinski definition) is 2. The van der Waals surface area contributed by atoms with Crippen molar-refractivity contribution in [1.29, 1.82) is 0 Å². The standard InChI is InChI=1S/C15H20N2O3/c1-16-14(19)12-3-2-4-13(9-12)15(20)17-7-5-11(10-18)6-8-17/h2-4,9,11,18H,5-8,10H2,1H3,(H,16,19). The molecule has 0 atom stereocenters. The fraction of sp³-hybridized carbons (Fsp3) is 0.467. The van der Waals surface area contributed by atoms with Crippen LogP contribution in [-0.2, 0) is 0 Å². The van der Waals surface area contributed by atoms with Crippen molar-refractivity contribution in [1.82, 2.24) is 10.2 Å². The van der Waals surface area contributed by atoms with Gasteiger partial charge in [0.1, 0.15) is 0 Å². The van der Waals surface area contributed by atoms with Gasteiger partial charge in [0.05, 0.1) is 0 Å². The van der Waals surface area contributed by atoms with Crippen molar-refractivity contribution >= 4 is 11.8 Å². The molecular weight excluding hydrogens is 256 g/mol. The molecule has 2 amide bonds. The summed E-state index contributed by atoms with van der Waals surface area (Å²) in [7, 11) is 1.57. The van der Waals surface area contributed by atoms with Crippen LogP contribution in [0.15, 0.2) is 24.3 Å². The fourth-order valence-electron chi connectivity index (χ4n) is 2.44. The summed E-state index contributed by atoms with van der Waals surface area (Å²) in [5, 5.41) is 11.7. The number of amides is 2. The van der Waals surface area contributed by atoms with Crippen LogP contribution in [0, 0.1) is 5.92 Å². The van der Waals surface area contributed by atoms with Crippen LogP contribution in [0.3, 0.4) is 0 Å². The molecule has 0 aliphatic carbocycles. The van der Waals surface area contributed by atoms with Crippen LogP contribution in [0.5, 0.6) is 0 Å². The lowest BCUT2D eigenvalue weighted by molar-refractivity contribution is 0.0651. The summed E-state index contributed by atoms with van der Waals surface area (Å²) < 4.78 is 0. The van der Waals surface area contributed by atoms with Crippen molar-refractivity contribution < 1.29 is 14.7 Å². The second kappa shape index (κ2) is 6.52. The topological polar surface area (TPSA) is 69.6 Å². The lowest BCUT2D eigenvalue weighted by Gasteiger charge is -2.31. The first-order valence-corrected chi connectivity index (χ1v) is 6.88. The third-order valence-corrected chi connectivity index (χ3v) is 3.76. The first kappa shape index (κ1) is 14.5. The van der Waals surface area contributed by atoms with E-state index in [-0.39, 0.29) is 18.4 Å². The molecule has 0 aromatic heterocycles. The van der Waals surface area contributed by atoms with Crippen LogP contribution in [0.1, 0.15) is 33.6 Å². The lowest BCUT2D eigenvalue weighted by Crippen LogP contribution is -2.39. The van der Waals surface area contributed by atoms with Crippen molar-refractivity contribution in [3.8, 4) is 0 Å². The Labute approximate surface area is 118 Å². The highest BCUT2D eigenvalue weighted by Crippen LogP contribution is 2.18. The molecule has 5 heteroatoms. The monoisotopic (exact) mass is 276 g/mol. The van der Waals surface area contributed by atoms with Gasteiger partial charge in [-0.15, -0.1) is 0 Å². The molecule has 1 aliphatic heterocycles. The van der Waals surface area contributed by atoms with Crippen molar-refractivity contribution in [2.45, 2.75) is 12.8 Å². The van der Waals surface area contributed by atoms with Crippen LogP contribution in [0.2, 0.25) is 0 Å². The van der Waals surface area contributed by atoms with E-state index in [1.807, 2.05) is 0 Å². The van der Waals surface area contributed by atoms with Gasteiger partial charge in [0.2, 0.25) is 0 Å². The highest BCUT2D eigenvalue weighted by Gasteiger charge is 2.23. The number of nitrogens with zero attached hydrogens (tertiary/aromatic N) is 1. The van der Waals surface area contributed by atoms with E-state index in [1.54, 1.807) is 36.2 Å². The summed E-state index contributed by atoms with van der Waals surface area (Å²) in [6, 6.07) is 6.76. The number of carbonyl (C=O) groups excluding carboxylic acids is 2. The van der Waals surface area contributed by atoms with Gasteiger partial charge in [-0.25, -0.2) is 0 Å². The molecule has 1 fully saturated rings. The molecule has 0 bridgehead atoms.